The molecule has 0 spiro atoms. The van der Waals surface area contributed by atoms with E-state index in [0.29, 0.717) is 53.4 Å². The summed E-state index contributed by atoms with van der Waals surface area (Å²) < 4.78 is 0. The average Bonchev–Trinajstić information content (AvgIpc) is 2.83. The molecular weight excluding hydrogens is 460 g/mol. The Morgan fingerprint density at radius 3 is 2.40 bits per heavy atom. The summed E-state index contributed by atoms with van der Waals surface area (Å²) in [6.07, 6.45) is 1.43. The number of aromatic nitrogens is 2. The minimum Gasteiger partial charge on any atom is -0.383 e. The maximum Gasteiger partial charge on any atom is 0.172 e. The minimum absolute atomic E-state index is 0.0915. The lowest BCUT2D eigenvalue weighted by Crippen LogP contribution is -2.37. The minimum atomic E-state index is -0.0915. The molecule has 0 unspecified atom stereocenters. The third-order valence-electron chi connectivity index (χ3n) is 6.05. The molecule has 0 bridgehead atoms. The van der Waals surface area contributed by atoms with E-state index in [9.17, 15) is 10.1 Å². The summed E-state index contributed by atoms with van der Waals surface area (Å²) in [6, 6.07) is 13.5. The van der Waals surface area contributed by atoms with Gasteiger partial charge in [-0.25, -0.2) is 9.97 Å². The van der Waals surface area contributed by atoms with Gasteiger partial charge in [0.1, 0.15) is 0 Å². The van der Waals surface area contributed by atoms with Crippen LogP contribution in [0, 0.1) is 17.2 Å². The number of Topliss-reactive ketones (excluding diaryl/α,β-unsaturated/α-hetero) is 1. The highest BCUT2D eigenvalue weighted by atomic mass is 35.5. The van der Waals surface area contributed by atoms with Gasteiger partial charge in [0.05, 0.1) is 27.7 Å². The molecule has 182 valence electrons. The number of hydrogen-bond acceptors (Lipinski definition) is 7. The predicted octanol–water partition coefficient (Wildman–Crippen LogP) is 5.89. The van der Waals surface area contributed by atoms with Crippen molar-refractivity contribution in [3.8, 4) is 6.07 Å². The Morgan fingerprint density at radius 2 is 1.74 bits per heavy atom. The molecule has 1 aliphatic heterocycles. The highest BCUT2D eigenvalue weighted by Gasteiger charge is 2.29. The number of anilines is 3. The van der Waals surface area contributed by atoms with Crippen LogP contribution in [0.5, 0.6) is 0 Å². The third-order valence-corrected chi connectivity index (χ3v) is 6.38. The van der Waals surface area contributed by atoms with Crippen molar-refractivity contribution in [2.75, 3.05) is 28.6 Å². The van der Waals surface area contributed by atoms with E-state index in [-0.39, 0.29) is 23.8 Å². The normalized spacial score (nSPS) is 14.4. The summed E-state index contributed by atoms with van der Waals surface area (Å²) in [6.45, 7) is 9.62. The fourth-order valence-electron chi connectivity index (χ4n) is 4.42. The van der Waals surface area contributed by atoms with Gasteiger partial charge in [0, 0.05) is 42.3 Å². The van der Waals surface area contributed by atoms with Gasteiger partial charge in [0.15, 0.2) is 17.4 Å². The van der Waals surface area contributed by atoms with Crippen molar-refractivity contribution in [1.29, 1.82) is 5.26 Å². The van der Waals surface area contributed by atoms with Crippen LogP contribution >= 0.6 is 11.6 Å². The Hall–Kier alpha value is -3.37. The molecule has 0 atom stereocenters. The Kier molecular flexibility index (Phi) is 7.42. The van der Waals surface area contributed by atoms with Gasteiger partial charge in [-0.3, -0.25) is 4.79 Å². The maximum atomic E-state index is 13.4. The Bertz CT molecular complexity index is 1270. The molecule has 8 heteroatoms. The Labute approximate surface area is 211 Å². The molecule has 1 saturated heterocycles. The molecule has 2 heterocycles. The SMILES string of the molecule is CC(C)Nc1ccc(Cl)c(C(=O)C2CCN(c3nc4ccc(C#N)cc4nc3NC(C)C)CC2)c1. The van der Waals surface area contributed by atoms with Crippen LogP contribution in [0.3, 0.4) is 0 Å². The molecule has 7 nitrogen and oxygen atoms in total. The number of ketones is 1. The second-order valence-electron chi connectivity index (χ2n) is 9.63. The molecule has 0 amide bonds. The number of nitrogens with zero attached hydrogens (tertiary/aromatic N) is 4. The Morgan fingerprint density at radius 1 is 1.03 bits per heavy atom. The zero-order valence-electron chi connectivity index (χ0n) is 20.6. The number of hydrogen-bond donors (Lipinski definition) is 2. The van der Waals surface area contributed by atoms with Crippen LogP contribution in [0.25, 0.3) is 11.0 Å². The topological polar surface area (TPSA) is 93.9 Å². The van der Waals surface area contributed by atoms with Gasteiger partial charge < -0.3 is 15.5 Å². The standard InChI is InChI=1S/C27H31ClN6O/c1-16(2)30-20-6-7-22(28)21(14-20)25(35)19-9-11-34(12-10-19)27-26(31-17(3)4)32-24-13-18(15-29)5-8-23(24)33-27/h5-8,13-14,16-17,19,30H,9-12H2,1-4H3,(H,31,32). The van der Waals surface area contributed by atoms with E-state index in [1.165, 1.54) is 0 Å². The first-order chi connectivity index (χ1) is 16.7. The van der Waals surface area contributed by atoms with Crippen LogP contribution in [0.2, 0.25) is 5.02 Å². The van der Waals surface area contributed by atoms with E-state index >= 15 is 0 Å². The molecule has 1 aliphatic rings. The van der Waals surface area contributed by atoms with Crippen LogP contribution in [0.15, 0.2) is 36.4 Å². The zero-order valence-corrected chi connectivity index (χ0v) is 21.4. The average molecular weight is 491 g/mol. The van der Waals surface area contributed by atoms with Crippen molar-refractivity contribution in [3.05, 3.63) is 52.5 Å². The largest absolute Gasteiger partial charge is 0.383 e. The predicted molar refractivity (Wildman–Crippen MR) is 142 cm³/mol. The summed E-state index contributed by atoms with van der Waals surface area (Å²) in [7, 11) is 0. The summed E-state index contributed by atoms with van der Waals surface area (Å²) in [5, 5.41) is 16.5. The van der Waals surface area contributed by atoms with Gasteiger partial charge >= 0.3 is 0 Å². The van der Waals surface area contributed by atoms with E-state index in [0.717, 1.165) is 17.0 Å². The van der Waals surface area contributed by atoms with Crippen LogP contribution < -0.4 is 15.5 Å². The molecule has 1 fully saturated rings. The Balaban J connectivity index is 1.55. The number of nitriles is 1. The van der Waals surface area contributed by atoms with Crippen molar-refractivity contribution in [2.45, 2.75) is 52.6 Å². The van der Waals surface area contributed by atoms with Crippen LogP contribution in [-0.2, 0) is 0 Å². The van der Waals surface area contributed by atoms with E-state index in [1.807, 2.05) is 18.2 Å². The number of halogens is 1. The number of fused-ring (bicyclic) bond motifs is 1. The number of rotatable bonds is 7. The van der Waals surface area contributed by atoms with Gasteiger partial charge in [-0.15, -0.1) is 0 Å². The third kappa shape index (κ3) is 5.66. The molecule has 35 heavy (non-hydrogen) atoms. The van der Waals surface area contributed by atoms with Crippen LogP contribution in [0.1, 0.15) is 56.5 Å². The summed E-state index contributed by atoms with van der Waals surface area (Å²) in [5.41, 5.74) is 3.47. The molecule has 1 aromatic heterocycles. The number of nitrogens with one attached hydrogen (secondary N) is 2. The highest BCUT2D eigenvalue weighted by Crippen LogP contribution is 2.32. The first-order valence-electron chi connectivity index (χ1n) is 12.1. The van der Waals surface area contributed by atoms with Gasteiger partial charge in [-0.2, -0.15) is 5.26 Å². The fraction of sp³-hybridized carbons (Fsp3) is 0.407. The molecule has 0 radical (unpaired) electrons. The van der Waals surface area contributed by atoms with Crippen molar-refractivity contribution in [2.24, 2.45) is 5.92 Å². The van der Waals surface area contributed by atoms with E-state index in [2.05, 4.69) is 49.3 Å². The maximum absolute atomic E-state index is 13.4. The second kappa shape index (κ2) is 10.5. The van der Waals surface area contributed by atoms with Crippen LogP contribution in [-0.4, -0.2) is 40.9 Å². The van der Waals surface area contributed by atoms with Crippen LogP contribution in [0.4, 0.5) is 17.3 Å². The second-order valence-corrected chi connectivity index (χ2v) is 10.0. The zero-order chi connectivity index (χ0) is 25.1. The number of piperidine rings is 1. The van der Waals surface area contributed by atoms with Gasteiger partial charge in [-0.1, -0.05) is 11.6 Å². The lowest BCUT2D eigenvalue weighted by atomic mass is 9.88. The van der Waals surface area contributed by atoms with Crippen molar-refractivity contribution < 1.29 is 4.79 Å². The van der Waals surface area contributed by atoms with E-state index < -0.39 is 0 Å². The molecule has 0 aliphatic carbocycles. The molecule has 4 rings (SSSR count). The van der Waals surface area contributed by atoms with Gasteiger partial charge in [0.2, 0.25) is 0 Å². The smallest absolute Gasteiger partial charge is 0.172 e. The quantitative estimate of drug-likeness (QED) is 0.398. The molecule has 2 N–H and O–H groups in total. The van der Waals surface area contributed by atoms with Crippen molar-refractivity contribution in [3.63, 3.8) is 0 Å². The van der Waals surface area contributed by atoms with E-state index in [1.54, 1.807) is 18.2 Å². The summed E-state index contributed by atoms with van der Waals surface area (Å²) in [5.74, 6) is 1.48. The molecular formula is C27H31ClN6O. The highest BCUT2D eigenvalue weighted by molar-refractivity contribution is 6.34. The molecule has 0 saturated carbocycles. The van der Waals surface area contributed by atoms with E-state index in [4.69, 9.17) is 21.6 Å². The lowest BCUT2D eigenvalue weighted by molar-refractivity contribution is 0.0900. The van der Waals surface area contributed by atoms with Crippen molar-refractivity contribution in [1.82, 2.24) is 9.97 Å². The number of benzene rings is 2. The monoisotopic (exact) mass is 490 g/mol. The number of carbonyl (C=O) groups excluding carboxylic acids is 1. The number of carbonyl (C=O) groups is 1. The first kappa shape index (κ1) is 24.7. The summed E-state index contributed by atoms with van der Waals surface area (Å²) in [4.78, 5) is 25.2. The van der Waals surface area contributed by atoms with Gasteiger partial charge in [-0.05, 0) is 76.9 Å². The summed E-state index contributed by atoms with van der Waals surface area (Å²) >= 11 is 6.41. The lowest BCUT2D eigenvalue weighted by Gasteiger charge is -2.33. The van der Waals surface area contributed by atoms with Crippen molar-refractivity contribution >= 4 is 45.7 Å². The fourth-order valence-corrected chi connectivity index (χ4v) is 4.63. The molecule has 3 aromatic rings. The molecule has 2 aromatic carbocycles. The van der Waals surface area contributed by atoms with Gasteiger partial charge in [0.25, 0.3) is 0 Å². The first-order valence-corrected chi connectivity index (χ1v) is 12.5.